The summed E-state index contributed by atoms with van der Waals surface area (Å²) in [7, 11) is 0. The first-order valence-electron chi connectivity index (χ1n) is 11.9. The zero-order valence-electron chi connectivity index (χ0n) is 20.7. The molecule has 0 spiro atoms. The standard InChI is InChI=1S/C29H27FN4OS/c1-5-20-10-12-21(13-11-20)27-32-28(35-33-27)25-19(4)34(24-14-9-17(2)18(3)15-24)29(36)31-26(25)22-7-6-8-23(30)16-22/h6-16,26H,5H2,1-4H3,(H,31,36). The van der Waals surface area contributed by atoms with Gasteiger partial charge < -0.3 is 9.84 Å². The van der Waals surface area contributed by atoms with Gasteiger partial charge in [0.2, 0.25) is 5.82 Å². The quantitative estimate of drug-likeness (QED) is 0.301. The van der Waals surface area contributed by atoms with Crippen molar-refractivity contribution < 1.29 is 8.91 Å². The first-order chi connectivity index (χ1) is 17.4. The van der Waals surface area contributed by atoms with Crippen LogP contribution >= 0.6 is 12.2 Å². The number of aromatic nitrogens is 2. The molecule has 1 unspecified atom stereocenters. The van der Waals surface area contributed by atoms with Crippen LogP contribution < -0.4 is 10.2 Å². The minimum Gasteiger partial charge on any atom is -0.351 e. The average molecular weight is 499 g/mol. The van der Waals surface area contributed by atoms with Gasteiger partial charge in [0.15, 0.2) is 5.11 Å². The highest BCUT2D eigenvalue weighted by atomic mass is 32.1. The Kier molecular flexibility index (Phi) is 6.41. The third-order valence-corrected chi connectivity index (χ3v) is 6.99. The molecule has 1 atom stereocenters. The highest BCUT2D eigenvalue weighted by molar-refractivity contribution is 7.80. The van der Waals surface area contributed by atoms with E-state index in [1.807, 2.05) is 36.1 Å². The maximum Gasteiger partial charge on any atom is 0.258 e. The average Bonchev–Trinajstić information content (AvgIpc) is 3.35. The zero-order chi connectivity index (χ0) is 25.4. The molecule has 1 aliphatic rings. The van der Waals surface area contributed by atoms with Crippen LogP contribution in [-0.4, -0.2) is 15.3 Å². The Balaban J connectivity index is 1.64. The number of thiocarbonyl (C=S) groups is 1. The van der Waals surface area contributed by atoms with Crippen molar-refractivity contribution >= 4 is 28.6 Å². The molecule has 5 nitrogen and oxygen atoms in total. The number of allylic oxidation sites excluding steroid dienone is 1. The van der Waals surface area contributed by atoms with Gasteiger partial charge in [-0.25, -0.2) is 4.39 Å². The van der Waals surface area contributed by atoms with Crippen molar-refractivity contribution in [2.45, 2.75) is 40.2 Å². The summed E-state index contributed by atoms with van der Waals surface area (Å²) in [6.45, 7) is 8.24. The molecule has 0 saturated heterocycles. The first kappa shape index (κ1) is 23.9. The fourth-order valence-corrected chi connectivity index (χ4v) is 4.83. The third-order valence-electron chi connectivity index (χ3n) is 6.69. The summed E-state index contributed by atoms with van der Waals surface area (Å²) in [5, 5.41) is 8.17. The molecule has 1 aromatic heterocycles. The molecule has 5 rings (SSSR count). The van der Waals surface area contributed by atoms with Crippen molar-refractivity contribution in [1.82, 2.24) is 15.5 Å². The van der Waals surface area contributed by atoms with Gasteiger partial charge in [-0.15, -0.1) is 0 Å². The monoisotopic (exact) mass is 498 g/mol. The van der Waals surface area contributed by atoms with Crippen molar-refractivity contribution in [3.63, 3.8) is 0 Å². The molecule has 4 aromatic rings. The predicted octanol–water partition coefficient (Wildman–Crippen LogP) is 6.92. The number of nitrogens with zero attached hydrogens (tertiary/aromatic N) is 3. The lowest BCUT2D eigenvalue weighted by molar-refractivity contribution is 0.404. The van der Waals surface area contributed by atoms with Crippen molar-refractivity contribution in [2.24, 2.45) is 0 Å². The van der Waals surface area contributed by atoms with Crippen LogP contribution in [0.4, 0.5) is 10.1 Å². The molecule has 0 amide bonds. The van der Waals surface area contributed by atoms with Gasteiger partial charge in [0.25, 0.3) is 5.89 Å². The Morgan fingerprint density at radius 1 is 1.00 bits per heavy atom. The molecule has 182 valence electrons. The number of halogens is 1. The lowest BCUT2D eigenvalue weighted by atomic mass is 9.94. The van der Waals surface area contributed by atoms with E-state index in [0.29, 0.717) is 16.8 Å². The molecule has 3 aromatic carbocycles. The van der Waals surface area contributed by atoms with Gasteiger partial charge in [0, 0.05) is 16.9 Å². The normalized spacial score (nSPS) is 15.9. The lowest BCUT2D eigenvalue weighted by Gasteiger charge is -2.37. The van der Waals surface area contributed by atoms with Crippen LogP contribution in [-0.2, 0) is 6.42 Å². The summed E-state index contributed by atoms with van der Waals surface area (Å²) >= 11 is 5.80. The second kappa shape index (κ2) is 9.66. The number of anilines is 1. The Labute approximate surface area is 215 Å². The van der Waals surface area contributed by atoms with E-state index < -0.39 is 6.04 Å². The van der Waals surface area contributed by atoms with Crippen LogP contribution in [0.3, 0.4) is 0 Å². The van der Waals surface area contributed by atoms with Gasteiger partial charge in [-0.2, -0.15) is 4.98 Å². The smallest absolute Gasteiger partial charge is 0.258 e. The number of benzene rings is 3. The summed E-state index contributed by atoms with van der Waals surface area (Å²) < 4.78 is 20.0. The summed E-state index contributed by atoms with van der Waals surface area (Å²) in [4.78, 5) is 6.72. The van der Waals surface area contributed by atoms with Crippen molar-refractivity contribution in [1.29, 1.82) is 0 Å². The van der Waals surface area contributed by atoms with Crippen molar-refractivity contribution in [2.75, 3.05) is 4.90 Å². The Morgan fingerprint density at radius 2 is 1.78 bits per heavy atom. The molecule has 0 fully saturated rings. The molecule has 1 aliphatic heterocycles. The summed E-state index contributed by atoms with van der Waals surface area (Å²) in [6, 6.07) is 20.3. The van der Waals surface area contributed by atoms with E-state index in [1.165, 1.54) is 23.3 Å². The Bertz CT molecular complexity index is 1470. The molecular weight excluding hydrogens is 471 g/mol. The number of aryl methyl sites for hydroxylation is 3. The predicted molar refractivity (Wildman–Crippen MR) is 145 cm³/mol. The van der Waals surface area contributed by atoms with Gasteiger partial charge in [-0.1, -0.05) is 54.5 Å². The Morgan fingerprint density at radius 3 is 2.47 bits per heavy atom. The molecule has 7 heteroatoms. The van der Waals surface area contributed by atoms with Crippen LogP contribution in [0.2, 0.25) is 0 Å². The molecule has 0 radical (unpaired) electrons. The Hall–Kier alpha value is -3.84. The maximum atomic E-state index is 14.2. The highest BCUT2D eigenvalue weighted by Gasteiger charge is 2.35. The molecule has 0 saturated carbocycles. The van der Waals surface area contributed by atoms with Crippen LogP contribution in [0, 0.1) is 19.7 Å². The van der Waals surface area contributed by atoms with Crippen LogP contribution in [0.25, 0.3) is 17.0 Å². The minimum absolute atomic E-state index is 0.323. The number of hydrogen-bond donors (Lipinski definition) is 1. The zero-order valence-corrected chi connectivity index (χ0v) is 21.5. The van der Waals surface area contributed by atoms with Crippen molar-refractivity contribution in [3.05, 3.63) is 106 Å². The van der Waals surface area contributed by atoms with E-state index in [0.717, 1.165) is 40.1 Å². The number of rotatable bonds is 5. The minimum atomic E-state index is -0.452. The van der Waals surface area contributed by atoms with Gasteiger partial charge in [0.1, 0.15) is 5.82 Å². The van der Waals surface area contributed by atoms with Crippen LogP contribution in [0.5, 0.6) is 0 Å². The van der Waals surface area contributed by atoms with Gasteiger partial charge in [-0.3, -0.25) is 4.90 Å². The van der Waals surface area contributed by atoms with E-state index in [4.69, 9.17) is 21.7 Å². The number of hydrogen-bond acceptors (Lipinski definition) is 4. The molecule has 0 bridgehead atoms. The van der Waals surface area contributed by atoms with E-state index in [-0.39, 0.29) is 5.82 Å². The second-order valence-corrected chi connectivity index (χ2v) is 9.40. The largest absolute Gasteiger partial charge is 0.351 e. The molecule has 2 heterocycles. The SMILES string of the molecule is CCc1ccc(-c2noc(C3=C(C)N(c4ccc(C)c(C)c4)C(=S)NC3c3cccc(F)c3)n2)cc1. The van der Waals surface area contributed by atoms with Crippen LogP contribution in [0.1, 0.15) is 48.0 Å². The molecule has 1 N–H and O–H groups in total. The summed E-state index contributed by atoms with van der Waals surface area (Å²) in [6.07, 6.45) is 0.957. The van der Waals surface area contributed by atoms with Crippen LogP contribution in [0.15, 0.2) is 77.0 Å². The summed E-state index contributed by atoms with van der Waals surface area (Å²) in [5.74, 6) is 0.535. The number of nitrogens with one attached hydrogen (secondary N) is 1. The maximum absolute atomic E-state index is 14.2. The fraction of sp³-hybridized carbons (Fsp3) is 0.207. The lowest BCUT2D eigenvalue weighted by Crippen LogP contribution is -2.46. The van der Waals surface area contributed by atoms with E-state index in [9.17, 15) is 4.39 Å². The third kappa shape index (κ3) is 4.42. The van der Waals surface area contributed by atoms with Crippen molar-refractivity contribution in [3.8, 4) is 11.4 Å². The van der Waals surface area contributed by atoms with Gasteiger partial charge in [0.05, 0.1) is 11.6 Å². The van der Waals surface area contributed by atoms with E-state index >= 15 is 0 Å². The summed E-state index contributed by atoms with van der Waals surface area (Å²) in [5.41, 5.74) is 7.70. The highest BCUT2D eigenvalue weighted by Crippen LogP contribution is 2.39. The van der Waals surface area contributed by atoms with E-state index in [2.05, 4.69) is 55.5 Å². The molecular formula is C29H27FN4OS. The topological polar surface area (TPSA) is 54.2 Å². The van der Waals surface area contributed by atoms with Gasteiger partial charge >= 0.3 is 0 Å². The fourth-order valence-electron chi connectivity index (χ4n) is 4.47. The molecule has 36 heavy (non-hydrogen) atoms. The van der Waals surface area contributed by atoms with Gasteiger partial charge in [-0.05, 0) is 85.9 Å². The molecule has 0 aliphatic carbocycles. The second-order valence-electron chi connectivity index (χ2n) is 9.01. The first-order valence-corrected chi connectivity index (χ1v) is 12.3. The van der Waals surface area contributed by atoms with E-state index in [1.54, 1.807) is 6.07 Å².